The van der Waals surface area contributed by atoms with Crippen LogP contribution in [0.1, 0.15) is 109 Å². The van der Waals surface area contributed by atoms with Crippen molar-refractivity contribution in [2.75, 3.05) is 72.3 Å². The predicted octanol–water partition coefficient (Wildman–Crippen LogP) is 10.2. The number of carbonyl (C=O) groups is 2. The molecule has 3 aliphatic rings. The van der Waals surface area contributed by atoms with Crippen LogP contribution in [0.25, 0.3) is 27.7 Å². The maximum Gasteiger partial charge on any atom is 0.332 e. The van der Waals surface area contributed by atoms with Crippen molar-refractivity contribution in [2.45, 2.75) is 90.1 Å². The van der Waals surface area contributed by atoms with Crippen LogP contribution in [0, 0.1) is 18.8 Å². The fraction of sp³-hybridized carbons (Fsp3) is 0.464. The molecular formula is C56H67Cl2N9O5S. The molecule has 3 aromatic heterocycles. The molecule has 2 amide bonds. The fourth-order valence-corrected chi connectivity index (χ4v) is 12.6. The molecule has 1 atom stereocenters. The smallest absolute Gasteiger partial charge is 0.332 e. The van der Waals surface area contributed by atoms with Gasteiger partial charge in [0.1, 0.15) is 17.4 Å². The molecule has 386 valence electrons. The molecule has 0 unspecified atom stereocenters. The molecule has 9 rings (SSSR count). The first-order chi connectivity index (χ1) is 35.2. The van der Waals surface area contributed by atoms with Gasteiger partial charge in [0, 0.05) is 96.5 Å². The van der Waals surface area contributed by atoms with Crippen LogP contribution >= 0.6 is 34.5 Å². The Kier molecular flexibility index (Phi) is 16.7. The van der Waals surface area contributed by atoms with Crippen LogP contribution in [0.3, 0.4) is 0 Å². The minimum atomic E-state index is -0.617. The Morgan fingerprint density at radius 3 is 2.38 bits per heavy atom. The Hall–Kier alpha value is -5.58. The molecule has 2 N–H and O–H groups in total. The summed E-state index contributed by atoms with van der Waals surface area (Å²) in [6, 6.07) is 18.8. The van der Waals surface area contributed by atoms with Crippen molar-refractivity contribution in [2.24, 2.45) is 11.8 Å². The summed E-state index contributed by atoms with van der Waals surface area (Å²) in [7, 11) is 5.87. The van der Waals surface area contributed by atoms with Gasteiger partial charge in [-0.2, -0.15) is 0 Å². The largest absolute Gasteiger partial charge is 0.496 e. The summed E-state index contributed by atoms with van der Waals surface area (Å²) in [5, 5.41) is 7.96. The predicted molar refractivity (Wildman–Crippen MR) is 293 cm³/mol. The molecule has 0 spiro atoms. The summed E-state index contributed by atoms with van der Waals surface area (Å²) in [5.41, 5.74) is 5.06. The molecule has 14 nitrogen and oxygen atoms in total. The van der Waals surface area contributed by atoms with E-state index in [1.165, 1.54) is 33.7 Å². The van der Waals surface area contributed by atoms with Crippen LogP contribution in [0.2, 0.25) is 10.0 Å². The van der Waals surface area contributed by atoms with Crippen molar-refractivity contribution < 1.29 is 14.3 Å². The molecule has 3 fully saturated rings. The number of rotatable bonds is 16. The third-order valence-corrected chi connectivity index (χ3v) is 16.9. The Morgan fingerprint density at radius 1 is 0.890 bits per heavy atom. The highest BCUT2D eigenvalue weighted by Gasteiger charge is 2.33. The van der Waals surface area contributed by atoms with E-state index in [2.05, 4.69) is 75.7 Å². The summed E-state index contributed by atoms with van der Waals surface area (Å²) >= 11 is 14.9. The minimum Gasteiger partial charge on any atom is -0.496 e. The fourth-order valence-electron chi connectivity index (χ4n) is 11.2. The van der Waals surface area contributed by atoms with E-state index in [-0.39, 0.29) is 23.8 Å². The number of fused-ring (bicyclic) bond motifs is 1. The zero-order valence-corrected chi connectivity index (χ0v) is 44.9. The van der Waals surface area contributed by atoms with Gasteiger partial charge in [0.05, 0.1) is 29.4 Å². The lowest BCUT2D eigenvalue weighted by molar-refractivity contribution is -0.138. The highest BCUT2D eigenvalue weighted by molar-refractivity contribution is 7.10. The number of aromatic nitrogens is 4. The summed E-state index contributed by atoms with van der Waals surface area (Å²) < 4.78 is 7.25. The van der Waals surface area contributed by atoms with Crippen molar-refractivity contribution in [3.63, 3.8) is 0 Å². The Balaban J connectivity index is 0.724. The number of nitrogens with one attached hydrogen (secondary N) is 2. The minimum absolute atomic E-state index is 0.0136. The van der Waals surface area contributed by atoms with Crippen molar-refractivity contribution in [1.82, 2.24) is 39.1 Å². The first-order valence-corrected chi connectivity index (χ1v) is 27.4. The number of anilines is 1. The number of H-pyrrole nitrogens is 1. The number of carbonyl (C=O) groups excluding carboxylic acids is 2. The van der Waals surface area contributed by atoms with Crippen molar-refractivity contribution in [3.8, 4) is 22.6 Å². The molecule has 6 aromatic rings. The number of piperidine rings is 1. The lowest BCUT2D eigenvalue weighted by Gasteiger charge is -2.37. The number of thiophene rings is 1. The molecule has 2 saturated heterocycles. The van der Waals surface area contributed by atoms with Crippen LogP contribution in [0.5, 0.6) is 5.75 Å². The molecule has 73 heavy (non-hydrogen) atoms. The van der Waals surface area contributed by atoms with Crippen molar-refractivity contribution in [1.29, 1.82) is 0 Å². The van der Waals surface area contributed by atoms with E-state index in [0.717, 1.165) is 135 Å². The normalized spacial score (nSPS) is 18.4. The van der Waals surface area contributed by atoms with E-state index < -0.39 is 11.2 Å². The zero-order valence-electron chi connectivity index (χ0n) is 42.6. The second-order valence-electron chi connectivity index (χ2n) is 20.4. The van der Waals surface area contributed by atoms with E-state index in [9.17, 15) is 19.2 Å². The van der Waals surface area contributed by atoms with Crippen molar-refractivity contribution >= 4 is 63.1 Å². The van der Waals surface area contributed by atoms with E-state index in [1.807, 2.05) is 24.0 Å². The number of benzene rings is 3. The maximum atomic E-state index is 14.0. The number of aromatic amines is 1. The van der Waals surface area contributed by atoms with Crippen LogP contribution < -0.4 is 21.3 Å². The number of aryl methyl sites for hydroxylation is 1. The van der Waals surface area contributed by atoms with Gasteiger partial charge in [-0.15, -0.1) is 11.3 Å². The summed E-state index contributed by atoms with van der Waals surface area (Å²) in [6.07, 6.45) is 10.5. The van der Waals surface area contributed by atoms with Gasteiger partial charge in [0.2, 0.25) is 5.91 Å². The van der Waals surface area contributed by atoms with Crippen LogP contribution in [0.4, 0.5) is 5.82 Å². The monoisotopic (exact) mass is 1050 g/mol. The van der Waals surface area contributed by atoms with E-state index in [1.54, 1.807) is 36.6 Å². The highest BCUT2D eigenvalue weighted by atomic mass is 35.5. The molecule has 2 aliphatic heterocycles. The summed E-state index contributed by atoms with van der Waals surface area (Å²) in [4.78, 5) is 73.2. The van der Waals surface area contributed by atoms with Gasteiger partial charge in [-0.1, -0.05) is 48.2 Å². The average Bonchev–Trinajstić information content (AvgIpc) is 3.88. The van der Waals surface area contributed by atoms with Crippen LogP contribution in [0.15, 0.2) is 81.8 Å². The number of halogens is 2. The number of likely N-dealkylation sites (tertiary alicyclic amines) is 1. The number of hydrogen-bond donors (Lipinski definition) is 2. The van der Waals surface area contributed by atoms with Gasteiger partial charge in [-0.25, -0.2) is 14.8 Å². The van der Waals surface area contributed by atoms with Gasteiger partial charge in [0.15, 0.2) is 0 Å². The molecule has 17 heteroatoms. The number of nitrogens with zero attached hydrogens (tertiary/aromatic N) is 7. The lowest BCUT2D eigenvalue weighted by Crippen LogP contribution is -2.48. The van der Waals surface area contributed by atoms with Crippen LogP contribution in [-0.2, 0) is 11.3 Å². The molecular weight excluding hydrogens is 982 g/mol. The number of unbranched alkanes of at least 4 members (excludes halogenated alkanes) is 1. The van der Waals surface area contributed by atoms with Gasteiger partial charge < -0.3 is 24.8 Å². The van der Waals surface area contributed by atoms with Gasteiger partial charge in [0.25, 0.3) is 11.5 Å². The molecule has 1 saturated carbocycles. The number of hydrogen-bond acceptors (Lipinski definition) is 11. The first-order valence-electron chi connectivity index (χ1n) is 25.8. The maximum absolute atomic E-state index is 14.0. The average molecular weight is 1050 g/mol. The van der Waals surface area contributed by atoms with Gasteiger partial charge in [-0.3, -0.25) is 28.8 Å². The Bertz CT molecular complexity index is 3060. The molecule has 1 aliphatic carbocycles. The number of ether oxygens (including phenoxy) is 1. The van der Waals surface area contributed by atoms with E-state index >= 15 is 0 Å². The number of methoxy groups -OCH3 is 1. The quantitative estimate of drug-likeness (QED) is 0.0898. The molecule has 5 heterocycles. The molecule has 3 aromatic carbocycles. The van der Waals surface area contributed by atoms with Crippen molar-refractivity contribution in [3.05, 3.63) is 131 Å². The second kappa shape index (κ2) is 23.3. The highest BCUT2D eigenvalue weighted by Crippen LogP contribution is 2.44. The Morgan fingerprint density at radius 2 is 1.66 bits per heavy atom. The Labute approximate surface area is 441 Å². The number of amides is 2. The third-order valence-electron chi connectivity index (χ3n) is 15.1. The van der Waals surface area contributed by atoms with Gasteiger partial charge >= 0.3 is 5.69 Å². The van der Waals surface area contributed by atoms with E-state index in [0.29, 0.717) is 47.0 Å². The summed E-state index contributed by atoms with van der Waals surface area (Å²) in [5.74, 6) is 3.50. The number of piperazine rings is 1. The first kappa shape index (κ1) is 52.3. The SMILES string of the molecule is COc1cc2nc(C)nc(N[C@H](C)c3cc(-c4c(Cl)cccc4CN(C)C)cs3)c2cc1C1CCC(C(=O)N2CCC(CCCCN3CCN(C(=O)c4ccc(Cl)c(-n5ccc(=O)[nH]c5=O)c4)CC3)CC2)CC1. The van der Waals surface area contributed by atoms with Gasteiger partial charge in [-0.05, 0) is 150 Å². The standard InChI is InChI=1S/C56H67Cl2N9O5S/c1-35(50-30-42(34-73-50)52-41(33-63(3)4)10-8-11-46(52)58)59-53-44-31-43(49(72-5)32-47(44)60-36(2)61-53)38-12-14-39(15-13-38)54(69)65-22-18-37(19-23-65)9-6-7-21-64-25-27-66(28-26-64)55(70)40-16-17-45(57)48(29-40)67-24-20-51(68)62-56(67)71/h8,10-11,16-17,20,24,29-32,34-35,37-39H,6-7,9,12-15,18-19,21-23,25-28,33H2,1-5H3,(H,59,60,61)(H,62,68,71)/t35-,38?,39?/m1/s1. The molecule has 0 bridgehead atoms. The zero-order chi connectivity index (χ0) is 51.3. The van der Waals surface area contributed by atoms with E-state index in [4.69, 9.17) is 37.9 Å². The second-order valence-corrected chi connectivity index (χ2v) is 22.2. The topological polar surface area (TPSA) is 149 Å². The lowest BCUT2D eigenvalue weighted by atomic mass is 9.77. The summed E-state index contributed by atoms with van der Waals surface area (Å²) in [6.45, 7) is 10.4. The third kappa shape index (κ3) is 12.2. The van der Waals surface area contributed by atoms with Crippen LogP contribution in [-0.4, -0.2) is 118 Å². The molecule has 0 radical (unpaired) electrons.